The van der Waals surface area contributed by atoms with Crippen LogP contribution < -0.4 is 15.5 Å². The summed E-state index contributed by atoms with van der Waals surface area (Å²) in [6.07, 6.45) is -2.72. The van der Waals surface area contributed by atoms with E-state index in [1.807, 2.05) is 0 Å². The summed E-state index contributed by atoms with van der Waals surface area (Å²) in [6.45, 7) is 1.65. The molecule has 0 saturated carbocycles. The van der Waals surface area contributed by atoms with Crippen LogP contribution in [0.3, 0.4) is 0 Å². The lowest BCUT2D eigenvalue weighted by molar-refractivity contribution is -0.137. The summed E-state index contributed by atoms with van der Waals surface area (Å²) in [6, 6.07) is 0.159. The van der Waals surface area contributed by atoms with E-state index in [0.717, 1.165) is 25.7 Å². The van der Waals surface area contributed by atoms with E-state index in [1.165, 1.54) is 19.0 Å². The maximum absolute atomic E-state index is 12.8. The first-order valence-electron chi connectivity index (χ1n) is 5.96. The predicted octanol–water partition coefficient (Wildman–Crippen LogP) is 1.34. The summed E-state index contributed by atoms with van der Waals surface area (Å²) in [5, 5.41) is 6.19. The van der Waals surface area contributed by atoms with Crippen molar-refractivity contribution >= 4 is 11.8 Å². The van der Waals surface area contributed by atoms with Crippen LogP contribution in [-0.2, 0) is 6.18 Å². The quantitative estimate of drug-likeness (QED) is 0.871. The molecule has 0 aliphatic carbocycles. The molecule has 8 heteroatoms. The molecule has 19 heavy (non-hydrogen) atoms. The molecule has 2 heterocycles. The standard InChI is InChI=1S/C11H16F3N5/c1-19(2)9-8(11(12,13)14)6-16-10(18-9)17-7-3-4-15-5-7/h6-7,15H,3-5H2,1-2H3,(H,16,17,18). The second-order valence-electron chi connectivity index (χ2n) is 4.66. The molecule has 1 aliphatic heterocycles. The van der Waals surface area contributed by atoms with E-state index in [2.05, 4.69) is 20.6 Å². The topological polar surface area (TPSA) is 53.1 Å². The lowest BCUT2D eigenvalue weighted by atomic mass is 10.2. The summed E-state index contributed by atoms with van der Waals surface area (Å²) < 4.78 is 38.4. The molecular formula is C11H16F3N5. The van der Waals surface area contributed by atoms with Crippen molar-refractivity contribution in [3.05, 3.63) is 11.8 Å². The maximum atomic E-state index is 12.8. The molecule has 2 N–H and O–H groups in total. The minimum atomic E-state index is -4.45. The van der Waals surface area contributed by atoms with Gasteiger partial charge in [0.15, 0.2) is 0 Å². The third kappa shape index (κ3) is 3.25. The molecule has 0 spiro atoms. The average molecular weight is 275 g/mol. The van der Waals surface area contributed by atoms with Crippen molar-refractivity contribution in [2.24, 2.45) is 0 Å². The van der Waals surface area contributed by atoms with Crippen LogP contribution in [0.4, 0.5) is 24.9 Å². The Balaban J connectivity index is 2.25. The Bertz CT molecular complexity index is 440. The van der Waals surface area contributed by atoms with Gasteiger partial charge in [0.25, 0.3) is 0 Å². The van der Waals surface area contributed by atoms with Gasteiger partial charge >= 0.3 is 6.18 Å². The van der Waals surface area contributed by atoms with E-state index >= 15 is 0 Å². The molecule has 0 radical (unpaired) electrons. The summed E-state index contributed by atoms with van der Waals surface area (Å²) in [7, 11) is 3.05. The van der Waals surface area contributed by atoms with Crippen molar-refractivity contribution in [2.45, 2.75) is 18.6 Å². The molecule has 5 nitrogen and oxygen atoms in total. The molecular weight excluding hydrogens is 259 g/mol. The van der Waals surface area contributed by atoms with Crippen LogP contribution in [-0.4, -0.2) is 43.2 Å². The first kappa shape index (κ1) is 13.9. The molecule has 0 aromatic carbocycles. The zero-order valence-corrected chi connectivity index (χ0v) is 10.8. The highest BCUT2D eigenvalue weighted by atomic mass is 19.4. The van der Waals surface area contributed by atoms with Crippen molar-refractivity contribution in [1.82, 2.24) is 15.3 Å². The van der Waals surface area contributed by atoms with Crippen molar-refractivity contribution in [2.75, 3.05) is 37.4 Å². The Labute approximate surface area is 109 Å². The van der Waals surface area contributed by atoms with E-state index in [-0.39, 0.29) is 17.8 Å². The minimum Gasteiger partial charge on any atom is -0.362 e. The number of halogens is 3. The third-order valence-corrected chi connectivity index (χ3v) is 2.89. The second-order valence-corrected chi connectivity index (χ2v) is 4.66. The van der Waals surface area contributed by atoms with Crippen LogP contribution in [0, 0.1) is 0 Å². The van der Waals surface area contributed by atoms with Crippen LogP contribution >= 0.6 is 0 Å². The highest BCUT2D eigenvalue weighted by Gasteiger charge is 2.36. The predicted molar refractivity (Wildman–Crippen MR) is 66.3 cm³/mol. The fourth-order valence-corrected chi connectivity index (χ4v) is 1.94. The lowest BCUT2D eigenvalue weighted by Gasteiger charge is -2.19. The second kappa shape index (κ2) is 5.20. The monoisotopic (exact) mass is 275 g/mol. The number of rotatable bonds is 3. The van der Waals surface area contributed by atoms with Gasteiger partial charge < -0.3 is 15.5 Å². The first-order chi connectivity index (χ1) is 8.88. The maximum Gasteiger partial charge on any atom is 0.421 e. The van der Waals surface area contributed by atoms with Crippen LogP contribution in [0.5, 0.6) is 0 Å². The summed E-state index contributed by atoms with van der Waals surface area (Å²) in [5.74, 6) is 0.0985. The first-order valence-corrected chi connectivity index (χ1v) is 5.96. The van der Waals surface area contributed by atoms with Gasteiger partial charge in [0.2, 0.25) is 5.95 Å². The smallest absolute Gasteiger partial charge is 0.362 e. The number of aromatic nitrogens is 2. The molecule has 1 unspecified atom stereocenters. The van der Waals surface area contributed by atoms with E-state index in [1.54, 1.807) is 0 Å². The van der Waals surface area contributed by atoms with Gasteiger partial charge in [-0.3, -0.25) is 0 Å². The molecule has 1 atom stereocenters. The van der Waals surface area contributed by atoms with Gasteiger partial charge in [-0.05, 0) is 13.0 Å². The highest BCUT2D eigenvalue weighted by Crippen LogP contribution is 2.34. The third-order valence-electron chi connectivity index (χ3n) is 2.89. The molecule has 0 bridgehead atoms. The van der Waals surface area contributed by atoms with Gasteiger partial charge in [-0.15, -0.1) is 0 Å². The van der Waals surface area contributed by atoms with Gasteiger partial charge in [-0.1, -0.05) is 0 Å². The zero-order valence-electron chi connectivity index (χ0n) is 10.8. The zero-order chi connectivity index (χ0) is 14.0. The van der Waals surface area contributed by atoms with E-state index in [4.69, 9.17) is 0 Å². The van der Waals surface area contributed by atoms with Crippen molar-refractivity contribution in [3.8, 4) is 0 Å². The van der Waals surface area contributed by atoms with Crippen molar-refractivity contribution in [1.29, 1.82) is 0 Å². The Hall–Kier alpha value is -1.57. The van der Waals surface area contributed by atoms with Gasteiger partial charge in [0.05, 0.1) is 0 Å². The van der Waals surface area contributed by atoms with Gasteiger partial charge in [-0.2, -0.15) is 18.2 Å². The highest BCUT2D eigenvalue weighted by molar-refractivity contribution is 5.50. The minimum absolute atomic E-state index is 0.129. The molecule has 1 aromatic heterocycles. The van der Waals surface area contributed by atoms with Crippen LogP contribution in [0.15, 0.2) is 6.20 Å². The number of nitrogens with one attached hydrogen (secondary N) is 2. The Morgan fingerprint density at radius 1 is 1.42 bits per heavy atom. The normalized spacial score (nSPS) is 19.5. The lowest BCUT2D eigenvalue weighted by Crippen LogP contribution is -2.25. The van der Waals surface area contributed by atoms with Gasteiger partial charge in [0, 0.05) is 32.9 Å². The number of anilines is 2. The summed E-state index contributed by atoms with van der Waals surface area (Å²) in [4.78, 5) is 9.05. The molecule has 0 amide bonds. The number of nitrogens with zero attached hydrogens (tertiary/aromatic N) is 3. The van der Waals surface area contributed by atoms with E-state index in [9.17, 15) is 13.2 Å². The SMILES string of the molecule is CN(C)c1nc(NC2CCNC2)ncc1C(F)(F)F. The van der Waals surface area contributed by atoms with Crippen molar-refractivity contribution < 1.29 is 13.2 Å². The molecule has 106 valence electrons. The molecule has 2 rings (SSSR count). The largest absolute Gasteiger partial charge is 0.421 e. The number of hydrogen-bond donors (Lipinski definition) is 2. The van der Waals surface area contributed by atoms with Gasteiger partial charge in [0.1, 0.15) is 11.4 Å². The van der Waals surface area contributed by atoms with Crippen LogP contribution in [0.25, 0.3) is 0 Å². The Morgan fingerprint density at radius 2 is 2.16 bits per heavy atom. The molecule has 1 aliphatic rings. The number of alkyl halides is 3. The number of hydrogen-bond acceptors (Lipinski definition) is 5. The Morgan fingerprint density at radius 3 is 2.68 bits per heavy atom. The molecule has 1 saturated heterocycles. The fourth-order valence-electron chi connectivity index (χ4n) is 1.94. The average Bonchev–Trinajstić information content (AvgIpc) is 2.80. The molecule has 1 fully saturated rings. The summed E-state index contributed by atoms with van der Waals surface area (Å²) >= 11 is 0. The molecule has 1 aromatic rings. The van der Waals surface area contributed by atoms with E-state index < -0.39 is 11.7 Å². The summed E-state index contributed by atoms with van der Waals surface area (Å²) in [5.41, 5.74) is -0.826. The van der Waals surface area contributed by atoms with Crippen LogP contribution in [0.2, 0.25) is 0 Å². The van der Waals surface area contributed by atoms with Crippen LogP contribution in [0.1, 0.15) is 12.0 Å². The fraction of sp³-hybridized carbons (Fsp3) is 0.636. The Kier molecular flexibility index (Phi) is 3.79. The van der Waals surface area contributed by atoms with E-state index in [0.29, 0.717) is 0 Å². The van der Waals surface area contributed by atoms with Gasteiger partial charge in [-0.25, -0.2) is 4.98 Å². The van der Waals surface area contributed by atoms with Crippen molar-refractivity contribution in [3.63, 3.8) is 0 Å².